The van der Waals surface area contributed by atoms with Gasteiger partial charge in [-0.3, -0.25) is 14.9 Å². The highest BCUT2D eigenvalue weighted by molar-refractivity contribution is 9.10. The van der Waals surface area contributed by atoms with E-state index in [2.05, 4.69) is 26.0 Å². The van der Waals surface area contributed by atoms with Crippen molar-refractivity contribution in [3.8, 4) is 11.4 Å². The number of nitro groups is 1. The van der Waals surface area contributed by atoms with Crippen molar-refractivity contribution in [3.63, 3.8) is 0 Å². The molecule has 2 aromatic heterocycles. The number of hydrogen-bond donors (Lipinski definition) is 0. The Morgan fingerprint density at radius 3 is 2.57 bits per heavy atom. The van der Waals surface area contributed by atoms with Crippen LogP contribution in [0.3, 0.4) is 0 Å². The molecule has 0 spiro atoms. The second-order valence-corrected chi connectivity index (χ2v) is 9.34. The normalized spacial score (nSPS) is 11.6. The lowest BCUT2D eigenvalue weighted by atomic mass is 10.2. The van der Waals surface area contributed by atoms with Gasteiger partial charge in [-0.25, -0.2) is 4.98 Å². The molecule has 10 heteroatoms. The first kappa shape index (κ1) is 24.3. The number of nitro benzene ring substituents is 1. The summed E-state index contributed by atoms with van der Waals surface area (Å²) in [6, 6.07) is 12.0. The number of aryl methyl sites for hydroxylation is 1. The van der Waals surface area contributed by atoms with Crippen LogP contribution in [0.1, 0.15) is 42.5 Å². The van der Waals surface area contributed by atoms with Crippen molar-refractivity contribution >= 4 is 38.7 Å². The highest BCUT2D eigenvalue weighted by Crippen LogP contribution is 2.31. The summed E-state index contributed by atoms with van der Waals surface area (Å²) < 4.78 is 9.04. The largest absolute Gasteiger partial charge is 0.496 e. The average molecular weight is 538 g/mol. The molecule has 0 radical (unpaired) electrons. The molecule has 0 atom stereocenters. The van der Waals surface area contributed by atoms with Crippen LogP contribution in [0.25, 0.3) is 16.6 Å². The first-order valence-electron chi connectivity index (χ1n) is 10.9. The molecule has 0 saturated heterocycles. The lowest BCUT2D eigenvalue weighted by molar-refractivity contribution is -0.384. The number of fused-ring (bicyclic) bond motifs is 1. The standard InChI is InChI=1S/C25H24BrN5O4/c1-14(2)24-28-21-8-6-18(26)11-20(21)25(32)30(24)27-13-17-10-15(3)29(16(17)4)22-9-7-19(35-5)12-23(22)31(33)34/h6-14H,1-5H3. The number of hydrogen-bond acceptors (Lipinski definition) is 6. The fraction of sp³-hybridized carbons (Fsp3) is 0.240. The first-order chi connectivity index (χ1) is 16.6. The number of nitrogens with zero attached hydrogens (tertiary/aromatic N) is 5. The van der Waals surface area contributed by atoms with Gasteiger partial charge in [-0.2, -0.15) is 9.78 Å². The monoisotopic (exact) mass is 537 g/mol. The molecule has 0 N–H and O–H groups in total. The number of ether oxygens (including phenoxy) is 1. The molecule has 0 aliphatic rings. The van der Waals surface area contributed by atoms with Crippen molar-refractivity contribution in [3.05, 3.63) is 90.2 Å². The van der Waals surface area contributed by atoms with Crippen molar-refractivity contribution in [1.82, 2.24) is 14.2 Å². The predicted octanol–water partition coefficient (Wildman–Crippen LogP) is 5.49. The maximum Gasteiger partial charge on any atom is 0.296 e. The summed E-state index contributed by atoms with van der Waals surface area (Å²) in [7, 11) is 1.47. The quantitative estimate of drug-likeness (QED) is 0.184. The number of benzene rings is 2. The van der Waals surface area contributed by atoms with E-state index in [9.17, 15) is 14.9 Å². The summed E-state index contributed by atoms with van der Waals surface area (Å²) in [5.41, 5.74) is 2.95. The van der Waals surface area contributed by atoms with Crippen molar-refractivity contribution in [2.75, 3.05) is 7.11 Å². The van der Waals surface area contributed by atoms with E-state index in [1.807, 2.05) is 39.8 Å². The van der Waals surface area contributed by atoms with E-state index in [0.29, 0.717) is 28.2 Å². The van der Waals surface area contributed by atoms with Crippen LogP contribution in [-0.4, -0.2) is 32.5 Å². The van der Waals surface area contributed by atoms with Crippen LogP contribution in [-0.2, 0) is 0 Å². The summed E-state index contributed by atoms with van der Waals surface area (Å²) in [6.07, 6.45) is 1.59. The Morgan fingerprint density at radius 2 is 1.91 bits per heavy atom. The van der Waals surface area contributed by atoms with Crippen LogP contribution in [0, 0.1) is 24.0 Å². The number of rotatable bonds is 6. The van der Waals surface area contributed by atoms with E-state index in [4.69, 9.17) is 4.74 Å². The van der Waals surface area contributed by atoms with E-state index < -0.39 is 4.92 Å². The molecule has 4 rings (SSSR count). The average Bonchev–Trinajstić information content (AvgIpc) is 3.10. The Morgan fingerprint density at radius 1 is 1.17 bits per heavy atom. The highest BCUT2D eigenvalue weighted by Gasteiger charge is 2.21. The summed E-state index contributed by atoms with van der Waals surface area (Å²) >= 11 is 3.41. The molecule has 180 valence electrons. The fourth-order valence-electron chi connectivity index (χ4n) is 4.03. The lowest BCUT2D eigenvalue weighted by Gasteiger charge is -2.12. The molecule has 0 aliphatic carbocycles. The molecular weight excluding hydrogens is 514 g/mol. The topological polar surface area (TPSA) is 105 Å². The second-order valence-electron chi connectivity index (χ2n) is 8.42. The van der Waals surface area contributed by atoms with Gasteiger partial charge in [0.1, 0.15) is 17.3 Å². The van der Waals surface area contributed by atoms with Gasteiger partial charge in [-0.1, -0.05) is 29.8 Å². The van der Waals surface area contributed by atoms with Gasteiger partial charge >= 0.3 is 0 Å². The minimum Gasteiger partial charge on any atom is -0.496 e. The van der Waals surface area contributed by atoms with Crippen molar-refractivity contribution < 1.29 is 9.66 Å². The molecule has 9 nitrogen and oxygen atoms in total. The van der Waals surface area contributed by atoms with Gasteiger partial charge in [0.25, 0.3) is 11.2 Å². The predicted molar refractivity (Wildman–Crippen MR) is 139 cm³/mol. The van der Waals surface area contributed by atoms with E-state index >= 15 is 0 Å². The van der Waals surface area contributed by atoms with Crippen LogP contribution < -0.4 is 10.3 Å². The molecule has 0 unspecified atom stereocenters. The summed E-state index contributed by atoms with van der Waals surface area (Å²) in [5.74, 6) is 0.906. The van der Waals surface area contributed by atoms with E-state index in [0.717, 1.165) is 21.4 Å². The second kappa shape index (κ2) is 9.46. The van der Waals surface area contributed by atoms with Gasteiger partial charge in [-0.05, 0) is 50.2 Å². The number of aromatic nitrogens is 3. The Kier molecular flexibility index (Phi) is 6.58. The third kappa shape index (κ3) is 4.49. The molecule has 2 heterocycles. The smallest absolute Gasteiger partial charge is 0.296 e. The molecule has 35 heavy (non-hydrogen) atoms. The maximum absolute atomic E-state index is 13.3. The van der Waals surface area contributed by atoms with Gasteiger partial charge in [0.15, 0.2) is 0 Å². The third-order valence-corrected chi connectivity index (χ3v) is 6.25. The summed E-state index contributed by atoms with van der Waals surface area (Å²) in [5, 5.41) is 16.7. The third-order valence-electron chi connectivity index (χ3n) is 5.75. The molecule has 2 aromatic carbocycles. The minimum absolute atomic E-state index is 0.0396. The van der Waals surface area contributed by atoms with Gasteiger partial charge in [0, 0.05) is 27.3 Å². The van der Waals surface area contributed by atoms with E-state index in [1.54, 1.807) is 35.0 Å². The lowest BCUT2D eigenvalue weighted by Crippen LogP contribution is -2.23. The van der Waals surface area contributed by atoms with Crippen LogP contribution in [0.15, 0.2) is 56.8 Å². The Hall–Kier alpha value is -3.79. The Labute approximate surface area is 210 Å². The highest BCUT2D eigenvalue weighted by atomic mass is 79.9. The SMILES string of the molecule is COc1ccc(-n2c(C)cc(C=Nn3c(C(C)C)nc4ccc(Br)cc4c3=O)c2C)c([N+](=O)[O-])c1. The molecule has 0 aliphatic heterocycles. The van der Waals surface area contributed by atoms with Crippen LogP contribution in [0.4, 0.5) is 5.69 Å². The number of methoxy groups -OCH3 is 1. The van der Waals surface area contributed by atoms with Gasteiger partial charge < -0.3 is 9.30 Å². The molecule has 0 amide bonds. The Balaban J connectivity index is 1.85. The zero-order chi connectivity index (χ0) is 25.4. The van der Waals surface area contributed by atoms with Crippen molar-refractivity contribution in [2.24, 2.45) is 5.10 Å². The van der Waals surface area contributed by atoms with E-state index in [1.165, 1.54) is 17.9 Å². The summed E-state index contributed by atoms with van der Waals surface area (Å²) in [4.78, 5) is 29.2. The zero-order valence-electron chi connectivity index (χ0n) is 19.9. The van der Waals surface area contributed by atoms with Gasteiger partial charge in [0.05, 0.1) is 35.2 Å². The summed E-state index contributed by atoms with van der Waals surface area (Å²) in [6.45, 7) is 7.61. The van der Waals surface area contributed by atoms with Crippen LogP contribution in [0.2, 0.25) is 0 Å². The molecular formula is C25H24BrN5O4. The minimum atomic E-state index is -0.433. The maximum atomic E-state index is 13.3. The zero-order valence-corrected chi connectivity index (χ0v) is 21.5. The van der Waals surface area contributed by atoms with Gasteiger partial charge in [-0.15, -0.1) is 0 Å². The van der Waals surface area contributed by atoms with Crippen molar-refractivity contribution in [1.29, 1.82) is 0 Å². The van der Waals surface area contributed by atoms with E-state index in [-0.39, 0.29) is 17.2 Å². The fourth-order valence-corrected chi connectivity index (χ4v) is 4.39. The molecule has 0 saturated carbocycles. The van der Waals surface area contributed by atoms with Gasteiger partial charge in [0.2, 0.25) is 0 Å². The molecule has 0 bridgehead atoms. The Bertz CT molecular complexity index is 1550. The first-order valence-corrected chi connectivity index (χ1v) is 11.7. The number of halogens is 1. The molecule has 0 fully saturated rings. The van der Waals surface area contributed by atoms with Crippen LogP contribution >= 0.6 is 15.9 Å². The van der Waals surface area contributed by atoms with Crippen LogP contribution in [0.5, 0.6) is 5.75 Å². The molecule has 4 aromatic rings. The van der Waals surface area contributed by atoms with Crippen molar-refractivity contribution in [2.45, 2.75) is 33.6 Å².